The zero-order valence-corrected chi connectivity index (χ0v) is 15.0. The number of H-pyrrole nitrogens is 1. The molecule has 4 aromatic heterocycles. The van der Waals surface area contributed by atoms with Crippen LogP contribution in [0.3, 0.4) is 0 Å². The molecule has 0 saturated heterocycles. The van der Waals surface area contributed by atoms with Gasteiger partial charge in [-0.25, -0.2) is 4.98 Å². The van der Waals surface area contributed by atoms with Gasteiger partial charge in [-0.2, -0.15) is 0 Å². The van der Waals surface area contributed by atoms with E-state index in [0.29, 0.717) is 17.1 Å². The Morgan fingerprint density at radius 3 is 2.88 bits per heavy atom. The fourth-order valence-electron chi connectivity index (χ4n) is 2.60. The maximum Gasteiger partial charge on any atom is 0.261 e. The quantitative estimate of drug-likeness (QED) is 0.538. The van der Waals surface area contributed by atoms with Gasteiger partial charge in [0, 0.05) is 16.9 Å². The molecule has 0 radical (unpaired) electrons. The van der Waals surface area contributed by atoms with Crippen molar-refractivity contribution in [2.75, 3.05) is 0 Å². The van der Waals surface area contributed by atoms with E-state index < -0.39 is 11.5 Å². The van der Waals surface area contributed by atoms with Crippen LogP contribution in [0.1, 0.15) is 16.1 Å². The number of hydrogen-bond acceptors (Lipinski definition) is 4. The van der Waals surface area contributed by atoms with Crippen LogP contribution in [-0.2, 0) is 6.54 Å². The molecule has 0 atom stereocenters. The molecule has 1 amide bonds. The molecule has 0 unspecified atom stereocenters. The van der Waals surface area contributed by atoms with Crippen molar-refractivity contribution in [2.24, 2.45) is 0 Å². The first-order valence-corrected chi connectivity index (χ1v) is 8.58. The van der Waals surface area contributed by atoms with E-state index in [2.05, 4.69) is 31.2 Å². The molecule has 4 aromatic rings. The lowest BCUT2D eigenvalue weighted by Crippen LogP contribution is -2.29. The molecule has 2 N–H and O–H groups in total. The molecule has 0 aliphatic rings. The summed E-state index contributed by atoms with van der Waals surface area (Å²) < 4.78 is 8.02. The predicted octanol–water partition coefficient (Wildman–Crippen LogP) is 2.98. The maximum absolute atomic E-state index is 12.3. The molecule has 0 bridgehead atoms. The topological polar surface area (TPSA) is 92.4 Å². The predicted molar refractivity (Wildman–Crippen MR) is 98.8 cm³/mol. The van der Waals surface area contributed by atoms with E-state index in [1.165, 1.54) is 12.3 Å². The number of amides is 1. The first-order chi connectivity index (χ1) is 12.6. The van der Waals surface area contributed by atoms with Crippen LogP contribution in [0.25, 0.3) is 17.1 Å². The molecule has 8 heteroatoms. The van der Waals surface area contributed by atoms with Crippen LogP contribution in [0.5, 0.6) is 0 Å². The molecule has 4 heterocycles. The Labute approximate surface area is 155 Å². The van der Waals surface area contributed by atoms with E-state index in [0.717, 1.165) is 10.1 Å². The highest BCUT2D eigenvalue weighted by molar-refractivity contribution is 9.10. The summed E-state index contributed by atoms with van der Waals surface area (Å²) in [7, 11) is 0. The molecule has 0 saturated carbocycles. The zero-order chi connectivity index (χ0) is 18.1. The molecule has 0 aliphatic heterocycles. The molecule has 4 rings (SSSR count). The Morgan fingerprint density at radius 1 is 1.23 bits per heavy atom. The minimum absolute atomic E-state index is 0.0341. The van der Waals surface area contributed by atoms with Crippen LogP contribution in [-0.4, -0.2) is 20.3 Å². The van der Waals surface area contributed by atoms with Crippen molar-refractivity contribution < 1.29 is 9.21 Å². The maximum atomic E-state index is 12.3. The van der Waals surface area contributed by atoms with Gasteiger partial charge >= 0.3 is 0 Å². The third-order valence-electron chi connectivity index (χ3n) is 3.84. The monoisotopic (exact) mass is 412 g/mol. The van der Waals surface area contributed by atoms with E-state index in [9.17, 15) is 9.59 Å². The van der Waals surface area contributed by atoms with Gasteiger partial charge in [-0.3, -0.25) is 9.59 Å². The number of rotatable bonds is 4. The number of hydrogen-bond donors (Lipinski definition) is 2. The van der Waals surface area contributed by atoms with Crippen LogP contribution in [0.15, 0.2) is 68.7 Å². The number of pyridine rings is 2. The van der Waals surface area contributed by atoms with Gasteiger partial charge in [0.1, 0.15) is 17.0 Å². The highest BCUT2D eigenvalue weighted by atomic mass is 79.9. The van der Waals surface area contributed by atoms with Crippen molar-refractivity contribution in [3.63, 3.8) is 0 Å². The van der Waals surface area contributed by atoms with E-state index in [-0.39, 0.29) is 12.1 Å². The average Bonchev–Trinajstić information content (AvgIpc) is 3.28. The Bertz CT molecular complexity index is 1140. The first kappa shape index (κ1) is 16.3. The standard InChI is InChI=1S/C18H13BrN4O3/c19-11-3-6-16-21-12(10-23(16)9-11)8-20-17(24)13-4-5-14(22-18(13)25)15-2-1-7-26-15/h1-7,9-10H,8H2,(H,20,24)(H,22,25). The average molecular weight is 413 g/mol. The largest absolute Gasteiger partial charge is 0.463 e. The van der Waals surface area contributed by atoms with Crippen molar-refractivity contribution in [3.05, 3.63) is 81.1 Å². The van der Waals surface area contributed by atoms with Crippen LogP contribution < -0.4 is 10.9 Å². The third kappa shape index (κ3) is 3.18. The first-order valence-electron chi connectivity index (χ1n) is 7.79. The summed E-state index contributed by atoms with van der Waals surface area (Å²) >= 11 is 3.40. The highest BCUT2D eigenvalue weighted by Crippen LogP contribution is 2.16. The van der Waals surface area contributed by atoms with E-state index in [4.69, 9.17) is 4.42 Å². The Morgan fingerprint density at radius 2 is 2.12 bits per heavy atom. The van der Waals surface area contributed by atoms with Crippen LogP contribution in [0.4, 0.5) is 0 Å². The second kappa shape index (κ2) is 6.64. The van der Waals surface area contributed by atoms with Gasteiger partial charge in [-0.1, -0.05) is 0 Å². The number of carbonyl (C=O) groups is 1. The van der Waals surface area contributed by atoms with Crippen LogP contribution in [0, 0.1) is 0 Å². The summed E-state index contributed by atoms with van der Waals surface area (Å²) in [4.78, 5) is 31.6. The molecule has 0 aliphatic carbocycles. The SMILES string of the molecule is O=C(NCc1cn2cc(Br)ccc2n1)c1ccc(-c2ccco2)[nH]c1=O. The molecular weight excluding hydrogens is 400 g/mol. The van der Waals surface area contributed by atoms with E-state index >= 15 is 0 Å². The van der Waals surface area contributed by atoms with E-state index in [1.54, 1.807) is 18.2 Å². The van der Waals surface area contributed by atoms with Gasteiger partial charge < -0.3 is 19.1 Å². The number of halogens is 1. The number of imidazole rings is 1. The smallest absolute Gasteiger partial charge is 0.261 e. The summed E-state index contributed by atoms with van der Waals surface area (Å²) in [5.41, 5.74) is 1.54. The van der Waals surface area contributed by atoms with Gasteiger partial charge in [0.15, 0.2) is 0 Å². The van der Waals surface area contributed by atoms with Gasteiger partial charge in [-0.15, -0.1) is 0 Å². The van der Waals surface area contributed by atoms with Crippen LogP contribution in [0.2, 0.25) is 0 Å². The van der Waals surface area contributed by atoms with Crippen molar-refractivity contribution in [1.82, 2.24) is 19.7 Å². The third-order valence-corrected chi connectivity index (χ3v) is 4.30. The number of aromatic nitrogens is 3. The Kier molecular flexibility index (Phi) is 4.18. The molecule has 26 heavy (non-hydrogen) atoms. The molecule has 0 fully saturated rings. The molecule has 0 aromatic carbocycles. The summed E-state index contributed by atoms with van der Waals surface area (Å²) in [5.74, 6) is 0.0698. The number of fused-ring (bicyclic) bond motifs is 1. The number of nitrogens with one attached hydrogen (secondary N) is 2. The van der Waals surface area contributed by atoms with E-state index in [1.807, 2.05) is 28.9 Å². The fourth-order valence-corrected chi connectivity index (χ4v) is 2.95. The van der Waals surface area contributed by atoms with Crippen molar-refractivity contribution >= 4 is 27.5 Å². The summed E-state index contributed by atoms with van der Waals surface area (Å²) in [6.07, 6.45) is 5.22. The minimum atomic E-state index is -0.477. The molecule has 130 valence electrons. The van der Waals surface area contributed by atoms with Crippen molar-refractivity contribution in [3.8, 4) is 11.5 Å². The summed E-state index contributed by atoms with van der Waals surface area (Å²) in [6, 6.07) is 10.3. The second-order valence-corrected chi connectivity index (χ2v) is 6.54. The lowest BCUT2D eigenvalue weighted by atomic mass is 10.2. The normalized spacial score (nSPS) is 11.0. The number of carbonyl (C=O) groups excluding carboxylic acids is 1. The lowest BCUT2D eigenvalue weighted by molar-refractivity contribution is 0.0949. The molecular formula is C18H13BrN4O3. The zero-order valence-electron chi connectivity index (χ0n) is 13.4. The molecule has 7 nitrogen and oxygen atoms in total. The summed E-state index contributed by atoms with van der Waals surface area (Å²) in [6.45, 7) is 0.220. The van der Waals surface area contributed by atoms with Crippen LogP contribution >= 0.6 is 15.9 Å². The van der Waals surface area contributed by atoms with Gasteiger partial charge in [0.05, 0.1) is 24.2 Å². The number of aromatic amines is 1. The Balaban J connectivity index is 1.50. The highest BCUT2D eigenvalue weighted by Gasteiger charge is 2.13. The minimum Gasteiger partial charge on any atom is -0.463 e. The number of furan rings is 1. The Hall–Kier alpha value is -3.13. The molecule has 0 spiro atoms. The number of nitrogens with zero attached hydrogens (tertiary/aromatic N) is 2. The van der Waals surface area contributed by atoms with Crippen molar-refractivity contribution in [1.29, 1.82) is 0 Å². The fraction of sp³-hybridized carbons (Fsp3) is 0.0556. The summed E-state index contributed by atoms with van der Waals surface area (Å²) in [5, 5.41) is 2.72. The second-order valence-electron chi connectivity index (χ2n) is 5.62. The van der Waals surface area contributed by atoms with Gasteiger partial charge in [0.2, 0.25) is 0 Å². The van der Waals surface area contributed by atoms with Gasteiger partial charge in [-0.05, 0) is 52.3 Å². The van der Waals surface area contributed by atoms with Gasteiger partial charge in [0.25, 0.3) is 11.5 Å². The van der Waals surface area contributed by atoms with Crippen molar-refractivity contribution in [2.45, 2.75) is 6.54 Å². The lowest BCUT2D eigenvalue weighted by Gasteiger charge is -2.03.